The lowest BCUT2D eigenvalue weighted by atomic mass is 10.0. The molecule has 0 aliphatic rings. The van der Waals surface area contributed by atoms with E-state index in [1.807, 2.05) is 20.8 Å². The Hall–Kier alpha value is -1.14. The molecule has 1 heterocycles. The number of esters is 1. The molecule has 18 heavy (non-hydrogen) atoms. The zero-order valence-electron chi connectivity index (χ0n) is 11.1. The Balaban J connectivity index is 2.70. The summed E-state index contributed by atoms with van der Waals surface area (Å²) in [5.74, 6) is 0.267. The summed E-state index contributed by atoms with van der Waals surface area (Å²) in [4.78, 5) is 20.0. The van der Waals surface area contributed by atoms with Crippen LogP contribution in [-0.4, -0.2) is 40.4 Å². The number of aromatic nitrogens is 2. The molecule has 1 aromatic heterocycles. The lowest BCUT2D eigenvalue weighted by Crippen LogP contribution is -2.54. The van der Waals surface area contributed by atoms with E-state index in [9.17, 15) is 4.79 Å². The van der Waals surface area contributed by atoms with Crippen LogP contribution in [0.1, 0.15) is 20.8 Å². The zero-order chi connectivity index (χ0) is 13.6. The van der Waals surface area contributed by atoms with Crippen LogP contribution >= 0.6 is 11.8 Å². The van der Waals surface area contributed by atoms with Gasteiger partial charge in [0.2, 0.25) is 0 Å². The third kappa shape index (κ3) is 4.27. The number of thioether (sulfide) groups is 1. The third-order valence-corrected chi connectivity index (χ3v) is 3.52. The average Bonchev–Trinajstić information content (AvgIpc) is 2.36. The Labute approximate surface area is 112 Å². The van der Waals surface area contributed by atoms with Gasteiger partial charge in [0.05, 0.1) is 13.3 Å². The summed E-state index contributed by atoms with van der Waals surface area (Å²) in [5, 5.41) is 4.02. The number of carbonyl (C=O) groups is 1. The maximum atomic E-state index is 11.9. The van der Waals surface area contributed by atoms with Crippen molar-refractivity contribution in [3.8, 4) is 0 Å². The van der Waals surface area contributed by atoms with Gasteiger partial charge < -0.3 is 4.74 Å². The normalized spacial score (nSPS) is 14.3. The van der Waals surface area contributed by atoms with Crippen molar-refractivity contribution in [2.75, 3.05) is 12.9 Å². The highest BCUT2D eigenvalue weighted by Gasteiger charge is 2.35. The summed E-state index contributed by atoms with van der Waals surface area (Å²) in [6.45, 7) is 5.82. The second-order valence-electron chi connectivity index (χ2n) is 4.46. The van der Waals surface area contributed by atoms with E-state index in [2.05, 4.69) is 15.3 Å². The first-order valence-electron chi connectivity index (χ1n) is 5.73. The fourth-order valence-electron chi connectivity index (χ4n) is 1.60. The van der Waals surface area contributed by atoms with E-state index in [1.165, 1.54) is 18.9 Å². The van der Waals surface area contributed by atoms with Gasteiger partial charge in [0, 0.05) is 24.2 Å². The van der Waals surface area contributed by atoms with E-state index in [4.69, 9.17) is 4.74 Å². The Kier molecular flexibility index (Phi) is 5.55. The number of ether oxygens (including phenoxy) is 1. The highest BCUT2D eigenvalue weighted by molar-refractivity contribution is 7.99. The van der Waals surface area contributed by atoms with Crippen LogP contribution in [0, 0.1) is 0 Å². The minimum Gasteiger partial charge on any atom is -0.468 e. The van der Waals surface area contributed by atoms with E-state index < -0.39 is 5.54 Å². The molecule has 1 unspecified atom stereocenters. The van der Waals surface area contributed by atoms with Crippen molar-refractivity contribution in [1.82, 2.24) is 15.3 Å². The predicted molar refractivity (Wildman–Crippen MR) is 71.4 cm³/mol. The van der Waals surface area contributed by atoms with Gasteiger partial charge in [-0.25, -0.2) is 4.98 Å². The fraction of sp³-hybridized carbons (Fsp3) is 0.583. The third-order valence-electron chi connectivity index (χ3n) is 2.29. The molecule has 0 spiro atoms. The maximum absolute atomic E-state index is 11.9. The van der Waals surface area contributed by atoms with Crippen molar-refractivity contribution in [2.45, 2.75) is 37.4 Å². The van der Waals surface area contributed by atoms with Crippen LogP contribution in [0.2, 0.25) is 0 Å². The summed E-state index contributed by atoms with van der Waals surface area (Å²) in [6, 6.07) is 0.191. The molecular weight excluding hydrogens is 250 g/mol. The fourth-order valence-corrected chi connectivity index (χ4v) is 2.51. The van der Waals surface area contributed by atoms with Crippen molar-refractivity contribution < 1.29 is 9.53 Å². The lowest BCUT2D eigenvalue weighted by Gasteiger charge is -2.29. The maximum Gasteiger partial charge on any atom is 0.326 e. The number of hydrogen-bond acceptors (Lipinski definition) is 6. The van der Waals surface area contributed by atoms with Crippen LogP contribution in [0.25, 0.3) is 0 Å². The molecule has 0 fully saturated rings. The summed E-state index contributed by atoms with van der Waals surface area (Å²) in [5.41, 5.74) is -0.731. The molecule has 100 valence electrons. The second-order valence-corrected chi connectivity index (χ2v) is 5.45. The topological polar surface area (TPSA) is 64.1 Å². The molecule has 5 nitrogen and oxygen atoms in total. The Morgan fingerprint density at radius 1 is 1.56 bits per heavy atom. The van der Waals surface area contributed by atoms with E-state index >= 15 is 0 Å². The van der Waals surface area contributed by atoms with Crippen molar-refractivity contribution in [2.24, 2.45) is 0 Å². The monoisotopic (exact) mass is 269 g/mol. The number of rotatable bonds is 6. The van der Waals surface area contributed by atoms with E-state index in [1.54, 1.807) is 18.6 Å². The van der Waals surface area contributed by atoms with Gasteiger partial charge in [-0.2, -0.15) is 0 Å². The first-order valence-corrected chi connectivity index (χ1v) is 6.71. The molecular formula is C12H19N3O2S. The summed E-state index contributed by atoms with van der Waals surface area (Å²) < 4.78 is 4.85. The van der Waals surface area contributed by atoms with Crippen LogP contribution in [0.3, 0.4) is 0 Å². The van der Waals surface area contributed by atoms with Crippen LogP contribution in [0.4, 0.5) is 0 Å². The van der Waals surface area contributed by atoms with E-state index in [-0.39, 0.29) is 12.0 Å². The zero-order valence-corrected chi connectivity index (χ0v) is 12.0. The van der Waals surface area contributed by atoms with Gasteiger partial charge in [-0.1, -0.05) is 0 Å². The molecule has 0 bridgehead atoms. The minimum atomic E-state index is -0.731. The smallest absolute Gasteiger partial charge is 0.326 e. The molecule has 6 heteroatoms. The van der Waals surface area contributed by atoms with Gasteiger partial charge in [0.1, 0.15) is 10.6 Å². The average molecular weight is 269 g/mol. The molecule has 1 aromatic rings. The Morgan fingerprint density at radius 3 is 2.78 bits per heavy atom. The molecule has 0 saturated carbocycles. The van der Waals surface area contributed by atoms with Crippen LogP contribution < -0.4 is 5.32 Å². The molecule has 0 aliphatic heterocycles. The van der Waals surface area contributed by atoms with Gasteiger partial charge >= 0.3 is 5.97 Å². The van der Waals surface area contributed by atoms with Crippen molar-refractivity contribution >= 4 is 17.7 Å². The van der Waals surface area contributed by atoms with Crippen molar-refractivity contribution in [3.63, 3.8) is 0 Å². The highest BCUT2D eigenvalue weighted by atomic mass is 32.2. The van der Waals surface area contributed by atoms with E-state index in [0.717, 1.165) is 5.03 Å². The molecule has 1 N–H and O–H groups in total. The van der Waals surface area contributed by atoms with Crippen molar-refractivity contribution in [3.05, 3.63) is 18.6 Å². The largest absolute Gasteiger partial charge is 0.468 e. The predicted octanol–water partition coefficient (Wildman–Crippen LogP) is 1.50. The highest BCUT2D eigenvalue weighted by Crippen LogP contribution is 2.21. The number of carbonyl (C=O) groups excluding carboxylic acids is 1. The van der Waals surface area contributed by atoms with Gasteiger partial charge in [-0.15, -0.1) is 11.8 Å². The van der Waals surface area contributed by atoms with E-state index in [0.29, 0.717) is 5.75 Å². The first-order chi connectivity index (χ1) is 8.48. The number of methoxy groups -OCH3 is 1. The molecule has 0 radical (unpaired) electrons. The van der Waals surface area contributed by atoms with Crippen LogP contribution in [0.15, 0.2) is 23.6 Å². The standard InChI is InChI=1S/C12H19N3O2S/c1-9(2)15-12(3,11(16)17-4)8-18-10-7-13-5-6-14-10/h5-7,9,15H,8H2,1-4H3. The van der Waals surface area contributed by atoms with Crippen molar-refractivity contribution in [1.29, 1.82) is 0 Å². The van der Waals surface area contributed by atoms with Crippen LogP contribution in [0.5, 0.6) is 0 Å². The molecule has 0 saturated heterocycles. The summed E-state index contributed by atoms with van der Waals surface area (Å²) in [7, 11) is 1.40. The van der Waals surface area contributed by atoms with Gasteiger partial charge in [-0.05, 0) is 20.8 Å². The lowest BCUT2D eigenvalue weighted by molar-refractivity contribution is -0.147. The summed E-state index contributed by atoms with van der Waals surface area (Å²) in [6.07, 6.45) is 4.93. The molecule has 1 atom stereocenters. The van der Waals surface area contributed by atoms with Gasteiger partial charge in [0.15, 0.2) is 0 Å². The first kappa shape index (κ1) is 14.9. The summed E-state index contributed by atoms with van der Waals surface area (Å²) >= 11 is 1.48. The SMILES string of the molecule is COC(=O)C(C)(CSc1cnccn1)NC(C)C. The Bertz CT molecular complexity index is 386. The number of nitrogens with one attached hydrogen (secondary N) is 1. The molecule has 0 amide bonds. The molecule has 1 rings (SSSR count). The molecule has 0 aromatic carbocycles. The number of hydrogen-bond donors (Lipinski definition) is 1. The second kappa shape index (κ2) is 6.70. The Morgan fingerprint density at radius 2 is 2.28 bits per heavy atom. The van der Waals surface area contributed by atoms with Gasteiger partial charge in [0.25, 0.3) is 0 Å². The molecule has 0 aliphatic carbocycles. The van der Waals surface area contributed by atoms with Crippen LogP contribution in [-0.2, 0) is 9.53 Å². The minimum absolute atomic E-state index is 0.191. The quantitative estimate of drug-likeness (QED) is 0.623. The van der Waals surface area contributed by atoms with Gasteiger partial charge in [-0.3, -0.25) is 15.1 Å². The number of nitrogens with zero attached hydrogens (tertiary/aromatic N) is 2.